The fourth-order valence-corrected chi connectivity index (χ4v) is 3.25. The molecule has 0 bridgehead atoms. The van der Waals surface area contributed by atoms with Gasteiger partial charge in [0.1, 0.15) is 0 Å². The molecule has 0 aliphatic carbocycles. The van der Waals surface area contributed by atoms with E-state index < -0.39 is 32.6 Å². The molecule has 0 aliphatic rings. The van der Waals surface area contributed by atoms with Crippen molar-refractivity contribution in [1.82, 2.24) is 0 Å². The monoisotopic (exact) mass is 294 g/mol. The molecule has 0 unspecified atom stereocenters. The van der Waals surface area contributed by atoms with E-state index in [0.29, 0.717) is 5.56 Å². The first kappa shape index (κ1) is 15.1. The van der Waals surface area contributed by atoms with Crippen LogP contribution >= 0.6 is 0 Å². The third-order valence-electron chi connectivity index (χ3n) is 2.25. The molecular formula is C10H14O6S2. The van der Waals surface area contributed by atoms with Crippen LogP contribution in [0.5, 0.6) is 0 Å². The Kier molecular flexibility index (Phi) is 4.49. The summed E-state index contributed by atoms with van der Waals surface area (Å²) in [7, 11) is -8.24. The summed E-state index contributed by atoms with van der Waals surface area (Å²) in [6, 6.07) is 4.84. The molecule has 0 heterocycles. The van der Waals surface area contributed by atoms with Crippen molar-refractivity contribution < 1.29 is 25.6 Å². The highest BCUT2D eigenvalue weighted by Gasteiger charge is 2.18. The molecule has 8 heteroatoms. The van der Waals surface area contributed by atoms with E-state index in [9.17, 15) is 16.8 Å². The van der Waals surface area contributed by atoms with Gasteiger partial charge >= 0.3 is 10.4 Å². The second-order valence-electron chi connectivity index (χ2n) is 3.84. The van der Waals surface area contributed by atoms with Crippen molar-refractivity contribution >= 4 is 20.2 Å². The lowest BCUT2D eigenvalue weighted by molar-refractivity contribution is 0.284. The number of sulfone groups is 1. The van der Waals surface area contributed by atoms with E-state index >= 15 is 0 Å². The Morgan fingerprint density at radius 1 is 1.17 bits per heavy atom. The lowest BCUT2D eigenvalue weighted by Crippen LogP contribution is -2.16. The van der Waals surface area contributed by atoms with Crippen molar-refractivity contribution in [2.24, 2.45) is 0 Å². The topological polar surface area (TPSA) is 97.7 Å². The Balaban J connectivity index is 2.87. The molecule has 0 spiro atoms. The van der Waals surface area contributed by atoms with Crippen molar-refractivity contribution in [3.8, 4) is 0 Å². The first-order valence-electron chi connectivity index (χ1n) is 5.04. The number of hydrogen-bond acceptors (Lipinski definition) is 5. The van der Waals surface area contributed by atoms with Gasteiger partial charge in [0.2, 0.25) is 0 Å². The van der Waals surface area contributed by atoms with Crippen LogP contribution in [0.4, 0.5) is 0 Å². The second-order valence-corrected chi connectivity index (χ2v) is 7.01. The van der Waals surface area contributed by atoms with Gasteiger partial charge in [-0.05, 0) is 25.5 Å². The van der Waals surface area contributed by atoms with E-state index in [2.05, 4.69) is 4.18 Å². The van der Waals surface area contributed by atoms with Crippen LogP contribution in [-0.2, 0) is 24.4 Å². The Hall–Kier alpha value is -0.960. The van der Waals surface area contributed by atoms with E-state index in [0.717, 1.165) is 5.56 Å². The van der Waals surface area contributed by atoms with Gasteiger partial charge in [0.05, 0.1) is 17.3 Å². The van der Waals surface area contributed by atoms with Crippen LogP contribution < -0.4 is 0 Å². The van der Waals surface area contributed by atoms with Gasteiger partial charge in [-0.1, -0.05) is 17.7 Å². The fourth-order valence-electron chi connectivity index (χ4n) is 1.51. The van der Waals surface area contributed by atoms with Crippen LogP contribution in [0, 0.1) is 13.8 Å². The highest BCUT2D eigenvalue weighted by Crippen LogP contribution is 2.17. The lowest BCUT2D eigenvalue weighted by Gasteiger charge is -2.08. The molecule has 0 aliphatic heterocycles. The molecule has 1 aromatic rings. The number of rotatable bonds is 5. The van der Waals surface area contributed by atoms with Gasteiger partial charge in [-0.25, -0.2) is 12.6 Å². The molecule has 1 aromatic carbocycles. The summed E-state index contributed by atoms with van der Waals surface area (Å²) < 4.78 is 56.7. The highest BCUT2D eigenvalue weighted by molar-refractivity contribution is 7.91. The maximum atomic E-state index is 11.9. The van der Waals surface area contributed by atoms with Crippen LogP contribution in [0.1, 0.15) is 11.1 Å². The van der Waals surface area contributed by atoms with Crippen LogP contribution in [0.3, 0.4) is 0 Å². The molecule has 18 heavy (non-hydrogen) atoms. The van der Waals surface area contributed by atoms with Crippen molar-refractivity contribution in [2.45, 2.75) is 18.7 Å². The molecule has 0 amide bonds. The average molecular weight is 294 g/mol. The smallest absolute Gasteiger partial charge is 0.264 e. The van der Waals surface area contributed by atoms with Crippen LogP contribution in [0.25, 0.3) is 0 Å². The van der Waals surface area contributed by atoms with Gasteiger partial charge in [0.15, 0.2) is 9.84 Å². The van der Waals surface area contributed by atoms with E-state index in [1.54, 1.807) is 19.1 Å². The molecule has 1 rings (SSSR count). The van der Waals surface area contributed by atoms with Crippen LogP contribution in [0.2, 0.25) is 0 Å². The number of benzene rings is 1. The Morgan fingerprint density at radius 2 is 1.78 bits per heavy atom. The molecule has 0 aromatic heterocycles. The van der Waals surface area contributed by atoms with E-state index in [4.69, 9.17) is 4.55 Å². The second kappa shape index (κ2) is 5.35. The van der Waals surface area contributed by atoms with Crippen molar-refractivity contribution in [1.29, 1.82) is 0 Å². The van der Waals surface area contributed by atoms with E-state index in [1.807, 2.05) is 6.92 Å². The average Bonchev–Trinajstić information content (AvgIpc) is 2.13. The van der Waals surface area contributed by atoms with E-state index in [1.165, 1.54) is 6.07 Å². The van der Waals surface area contributed by atoms with Gasteiger partial charge in [0, 0.05) is 0 Å². The molecular weight excluding hydrogens is 280 g/mol. The van der Waals surface area contributed by atoms with Gasteiger partial charge < -0.3 is 0 Å². The van der Waals surface area contributed by atoms with E-state index in [-0.39, 0.29) is 4.90 Å². The zero-order chi connectivity index (χ0) is 14.0. The molecule has 102 valence electrons. The molecule has 0 fully saturated rings. The zero-order valence-electron chi connectivity index (χ0n) is 9.95. The third-order valence-corrected chi connectivity index (χ3v) is 4.55. The standard InChI is InChI=1S/C10H14O6S2/c1-8-3-4-10(9(2)7-8)17(11,12)6-5-16-18(13,14)15/h3-4,7H,5-6H2,1-2H3,(H,13,14,15). The third kappa shape index (κ3) is 4.37. The minimum absolute atomic E-state index is 0.132. The summed E-state index contributed by atoms with van der Waals surface area (Å²) >= 11 is 0. The van der Waals surface area contributed by atoms with Gasteiger partial charge in [-0.2, -0.15) is 8.42 Å². The van der Waals surface area contributed by atoms with Crippen molar-refractivity contribution in [2.75, 3.05) is 12.4 Å². The zero-order valence-corrected chi connectivity index (χ0v) is 11.6. The normalized spacial score (nSPS) is 12.6. The maximum Gasteiger partial charge on any atom is 0.397 e. The Morgan fingerprint density at radius 3 is 2.28 bits per heavy atom. The molecule has 0 radical (unpaired) electrons. The number of aryl methyl sites for hydroxylation is 2. The van der Waals surface area contributed by atoms with Gasteiger partial charge in [-0.3, -0.25) is 4.55 Å². The summed E-state index contributed by atoms with van der Waals surface area (Å²) in [5.74, 6) is -0.517. The molecule has 0 saturated heterocycles. The summed E-state index contributed by atoms with van der Waals surface area (Å²) in [5.41, 5.74) is 1.52. The largest absolute Gasteiger partial charge is 0.397 e. The summed E-state index contributed by atoms with van der Waals surface area (Å²) in [4.78, 5) is 0.132. The first-order valence-corrected chi connectivity index (χ1v) is 8.05. The Bertz CT molecular complexity index is 630. The summed E-state index contributed by atoms with van der Waals surface area (Å²) in [5, 5.41) is 0. The SMILES string of the molecule is Cc1ccc(S(=O)(=O)CCOS(=O)(=O)O)c(C)c1. The molecule has 6 nitrogen and oxygen atoms in total. The van der Waals surface area contributed by atoms with Crippen molar-refractivity contribution in [3.63, 3.8) is 0 Å². The van der Waals surface area contributed by atoms with Crippen molar-refractivity contribution in [3.05, 3.63) is 29.3 Å². The summed E-state index contributed by atoms with van der Waals surface area (Å²) in [6.07, 6.45) is 0. The molecule has 0 saturated carbocycles. The fraction of sp³-hybridized carbons (Fsp3) is 0.400. The predicted octanol–water partition coefficient (Wildman–Crippen LogP) is 0.897. The predicted molar refractivity (Wildman–Crippen MR) is 65.5 cm³/mol. The van der Waals surface area contributed by atoms with Crippen LogP contribution in [0.15, 0.2) is 23.1 Å². The van der Waals surface area contributed by atoms with Gasteiger partial charge in [-0.15, -0.1) is 0 Å². The minimum Gasteiger partial charge on any atom is -0.264 e. The van der Waals surface area contributed by atoms with Crippen LogP contribution in [-0.4, -0.2) is 33.7 Å². The lowest BCUT2D eigenvalue weighted by atomic mass is 10.2. The minimum atomic E-state index is -4.61. The number of hydrogen-bond donors (Lipinski definition) is 1. The molecule has 0 atom stereocenters. The quantitative estimate of drug-likeness (QED) is 0.810. The Labute approximate surface area is 106 Å². The summed E-state index contributed by atoms with van der Waals surface area (Å²) in [6.45, 7) is 2.88. The van der Waals surface area contributed by atoms with Gasteiger partial charge in [0.25, 0.3) is 0 Å². The first-order chi connectivity index (χ1) is 8.12. The molecule has 1 N–H and O–H groups in total. The highest BCUT2D eigenvalue weighted by atomic mass is 32.3. The maximum absolute atomic E-state index is 11.9.